The normalized spacial score (nSPS) is 9.93. The van der Waals surface area contributed by atoms with Gasteiger partial charge in [0.15, 0.2) is 0 Å². The maximum atomic E-state index is 10.6. The SMILES string of the molecule is [NH]CCc1ccc([N+](=O)[O-])cc1[N+](=O)[O-]. The summed E-state index contributed by atoms with van der Waals surface area (Å²) in [6, 6.07) is 3.45. The van der Waals surface area contributed by atoms with E-state index in [-0.39, 0.29) is 24.3 Å². The molecule has 0 spiro atoms. The maximum Gasteiger partial charge on any atom is 0.279 e. The first-order valence-corrected chi connectivity index (χ1v) is 4.12. The smallest absolute Gasteiger partial charge is 0.258 e. The second-order valence-corrected chi connectivity index (χ2v) is 2.83. The van der Waals surface area contributed by atoms with Gasteiger partial charge in [-0.2, -0.15) is 0 Å². The summed E-state index contributed by atoms with van der Waals surface area (Å²) >= 11 is 0. The van der Waals surface area contributed by atoms with Gasteiger partial charge in [-0.25, -0.2) is 0 Å². The Morgan fingerprint density at radius 2 is 1.87 bits per heavy atom. The zero-order valence-corrected chi connectivity index (χ0v) is 7.67. The van der Waals surface area contributed by atoms with Crippen LogP contribution in [0.3, 0.4) is 0 Å². The molecule has 0 aliphatic rings. The lowest BCUT2D eigenvalue weighted by Crippen LogP contribution is -2.00. The molecule has 1 N–H and O–H groups in total. The van der Waals surface area contributed by atoms with E-state index in [1.165, 1.54) is 12.1 Å². The third kappa shape index (κ3) is 2.47. The van der Waals surface area contributed by atoms with E-state index < -0.39 is 9.85 Å². The number of hydrogen-bond acceptors (Lipinski definition) is 4. The molecule has 1 rings (SSSR count). The van der Waals surface area contributed by atoms with Gasteiger partial charge in [0.25, 0.3) is 11.4 Å². The molecule has 0 atom stereocenters. The van der Waals surface area contributed by atoms with Crippen molar-refractivity contribution < 1.29 is 9.85 Å². The molecular weight excluding hydrogens is 202 g/mol. The van der Waals surface area contributed by atoms with Crippen molar-refractivity contribution in [1.29, 1.82) is 0 Å². The number of nitro benzene ring substituents is 2. The monoisotopic (exact) mass is 210 g/mol. The van der Waals surface area contributed by atoms with E-state index >= 15 is 0 Å². The summed E-state index contributed by atoms with van der Waals surface area (Å²) in [6.45, 7) is 0.0126. The molecule has 79 valence electrons. The van der Waals surface area contributed by atoms with Gasteiger partial charge >= 0.3 is 0 Å². The average molecular weight is 210 g/mol. The predicted octanol–water partition coefficient (Wildman–Crippen LogP) is 1.33. The minimum absolute atomic E-state index is 0.0126. The number of nitrogens with one attached hydrogen (secondary N) is 1. The minimum atomic E-state index is -0.683. The van der Waals surface area contributed by atoms with Gasteiger partial charge in [0, 0.05) is 18.2 Å². The molecule has 0 bridgehead atoms. The molecule has 0 saturated heterocycles. The second-order valence-electron chi connectivity index (χ2n) is 2.83. The first kappa shape index (κ1) is 11.1. The molecule has 0 heterocycles. The Morgan fingerprint density at radius 1 is 1.20 bits per heavy atom. The Balaban J connectivity index is 3.20. The third-order valence-corrected chi connectivity index (χ3v) is 1.87. The highest BCUT2D eigenvalue weighted by molar-refractivity contribution is 5.49. The summed E-state index contributed by atoms with van der Waals surface area (Å²) in [4.78, 5) is 19.6. The van der Waals surface area contributed by atoms with E-state index in [4.69, 9.17) is 5.73 Å². The first-order chi connectivity index (χ1) is 7.06. The Kier molecular flexibility index (Phi) is 3.29. The summed E-state index contributed by atoms with van der Waals surface area (Å²) in [5, 5.41) is 21.0. The fourth-order valence-corrected chi connectivity index (χ4v) is 1.18. The van der Waals surface area contributed by atoms with Crippen molar-refractivity contribution in [3.8, 4) is 0 Å². The molecule has 0 fully saturated rings. The molecule has 1 aromatic carbocycles. The van der Waals surface area contributed by atoms with Gasteiger partial charge in [0.2, 0.25) is 0 Å². The fourth-order valence-electron chi connectivity index (χ4n) is 1.18. The van der Waals surface area contributed by atoms with Gasteiger partial charge in [-0.3, -0.25) is 26.0 Å². The van der Waals surface area contributed by atoms with Crippen molar-refractivity contribution in [2.75, 3.05) is 6.54 Å². The zero-order valence-electron chi connectivity index (χ0n) is 7.67. The quantitative estimate of drug-likeness (QED) is 0.551. The molecule has 7 nitrogen and oxygen atoms in total. The summed E-state index contributed by atoms with van der Waals surface area (Å²) in [7, 11) is 0. The van der Waals surface area contributed by atoms with E-state index in [1.54, 1.807) is 0 Å². The van der Waals surface area contributed by atoms with Gasteiger partial charge in [0.05, 0.1) is 15.9 Å². The highest BCUT2D eigenvalue weighted by Gasteiger charge is 2.18. The molecule has 7 heteroatoms. The van der Waals surface area contributed by atoms with Crippen molar-refractivity contribution >= 4 is 11.4 Å². The minimum Gasteiger partial charge on any atom is -0.258 e. The third-order valence-electron chi connectivity index (χ3n) is 1.87. The molecule has 0 aliphatic carbocycles. The van der Waals surface area contributed by atoms with Gasteiger partial charge in [-0.05, 0) is 12.5 Å². The molecular formula is C8H8N3O4. The molecule has 1 aromatic rings. The van der Waals surface area contributed by atoms with E-state index in [1.807, 2.05) is 0 Å². The number of rotatable bonds is 4. The van der Waals surface area contributed by atoms with Crippen LogP contribution in [0.2, 0.25) is 0 Å². The Bertz CT molecular complexity index is 405. The molecule has 0 saturated carbocycles. The zero-order chi connectivity index (χ0) is 11.4. The van der Waals surface area contributed by atoms with E-state index in [9.17, 15) is 20.2 Å². The summed E-state index contributed by atoms with van der Waals surface area (Å²) < 4.78 is 0. The number of benzene rings is 1. The number of non-ortho nitro benzene ring substituents is 1. The van der Waals surface area contributed by atoms with Crippen molar-refractivity contribution in [3.63, 3.8) is 0 Å². The van der Waals surface area contributed by atoms with Gasteiger partial charge in [0.1, 0.15) is 0 Å². The molecule has 0 aromatic heterocycles. The van der Waals surface area contributed by atoms with E-state index in [0.717, 1.165) is 6.07 Å². The lowest BCUT2D eigenvalue weighted by molar-refractivity contribution is -0.394. The van der Waals surface area contributed by atoms with Crippen LogP contribution < -0.4 is 5.73 Å². The van der Waals surface area contributed by atoms with Crippen LogP contribution >= 0.6 is 0 Å². The highest BCUT2D eigenvalue weighted by Crippen LogP contribution is 2.24. The van der Waals surface area contributed by atoms with Gasteiger partial charge in [-0.1, -0.05) is 0 Å². The molecule has 0 unspecified atom stereocenters. The van der Waals surface area contributed by atoms with Crippen LogP contribution in [0.4, 0.5) is 11.4 Å². The lowest BCUT2D eigenvalue weighted by atomic mass is 10.1. The van der Waals surface area contributed by atoms with Crippen molar-refractivity contribution in [1.82, 2.24) is 5.73 Å². The Morgan fingerprint density at radius 3 is 2.33 bits per heavy atom. The summed E-state index contributed by atoms with van der Waals surface area (Å²) in [6.07, 6.45) is 0.217. The lowest BCUT2D eigenvalue weighted by Gasteiger charge is -2.00. The van der Waals surface area contributed by atoms with E-state index in [0.29, 0.717) is 5.56 Å². The molecule has 15 heavy (non-hydrogen) atoms. The van der Waals surface area contributed by atoms with Crippen LogP contribution in [-0.2, 0) is 6.42 Å². The van der Waals surface area contributed by atoms with Crippen molar-refractivity contribution in [2.45, 2.75) is 6.42 Å². The number of nitro groups is 2. The van der Waals surface area contributed by atoms with Gasteiger partial charge < -0.3 is 0 Å². The number of hydrogen-bond donors (Lipinski definition) is 0. The van der Waals surface area contributed by atoms with Crippen LogP contribution in [0.5, 0.6) is 0 Å². The summed E-state index contributed by atoms with van der Waals surface area (Å²) in [5.41, 5.74) is 6.70. The van der Waals surface area contributed by atoms with Gasteiger partial charge in [-0.15, -0.1) is 0 Å². The Hall–Kier alpha value is -2.02. The van der Waals surface area contributed by atoms with Crippen LogP contribution in [0.25, 0.3) is 0 Å². The Labute approximate surface area is 84.8 Å². The summed E-state index contributed by atoms with van der Waals surface area (Å²) in [5.74, 6) is 0. The fraction of sp³-hybridized carbons (Fsp3) is 0.250. The van der Waals surface area contributed by atoms with Crippen molar-refractivity contribution in [2.24, 2.45) is 0 Å². The highest BCUT2D eigenvalue weighted by atomic mass is 16.6. The predicted molar refractivity (Wildman–Crippen MR) is 51.4 cm³/mol. The van der Waals surface area contributed by atoms with E-state index in [2.05, 4.69) is 0 Å². The van der Waals surface area contributed by atoms with Crippen LogP contribution in [0.15, 0.2) is 18.2 Å². The van der Waals surface area contributed by atoms with Crippen LogP contribution in [0, 0.1) is 20.2 Å². The topological polar surface area (TPSA) is 110 Å². The number of nitrogens with zero attached hydrogens (tertiary/aromatic N) is 2. The average Bonchev–Trinajstić information content (AvgIpc) is 2.18. The molecule has 1 radical (unpaired) electrons. The standard InChI is InChI=1S/C8H8N3O4/c9-4-3-6-1-2-7(10(12)13)5-8(6)11(14)15/h1-2,5,9H,3-4H2. The molecule has 0 aliphatic heterocycles. The van der Waals surface area contributed by atoms with Crippen molar-refractivity contribution in [3.05, 3.63) is 44.0 Å². The largest absolute Gasteiger partial charge is 0.279 e. The maximum absolute atomic E-state index is 10.6. The first-order valence-electron chi connectivity index (χ1n) is 4.12. The second kappa shape index (κ2) is 4.47. The van der Waals surface area contributed by atoms with Crippen LogP contribution in [-0.4, -0.2) is 16.4 Å². The molecule has 0 amide bonds. The van der Waals surface area contributed by atoms with Crippen LogP contribution in [0.1, 0.15) is 5.56 Å².